The van der Waals surface area contributed by atoms with Crippen LogP contribution in [0.1, 0.15) is 50.2 Å². The predicted octanol–water partition coefficient (Wildman–Crippen LogP) is 3.09. The van der Waals surface area contributed by atoms with Crippen LogP contribution < -0.4 is 0 Å². The monoisotopic (exact) mass is 282 g/mol. The standard InChI is InChI=1S/C15H22O3S/c1-19(17,18)14-9-5-8-13(11-14)15(16)10-12-6-3-2-4-7-12/h5,8-9,11-12,15-16H,2-4,6-7,10H2,1H3. The molecule has 0 radical (unpaired) electrons. The second kappa shape index (κ2) is 6.06. The normalized spacial score (nSPS) is 19.3. The number of hydrogen-bond donors (Lipinski definition) is 1. The van der Waals surface area contributed by atoms with E-state index in [1.807, 2.05) is 6.07 Å². The van der Waals surface area contributed by atoms with Gasteiger partial charge in [0.25, 0.3) is 0 Å². The largest absolute Gasteiger partial charge is 0.388 e. The summed E-state index contributed by atoms with van der Waals surface area (Å²) >= 11 is 0. The summed E-state index contributed by atoms with van der Waals surface area (Å²) in [4.78, 5) is 0.285. The van der Waals surface area contributed by atoms with Crippen LogP contribution in [-0.2, 0) is 9.84 Å². The van der Waals surface area contributed by atoms with Gasteiger partial charge in [0.2, 0.25) is 0 Å². The van der Waals surface area contributed by atoms with Crippen LogP contribution in [0.2, 0.25) is 0 Å². The first-order valence-corrected chi connectivity index (χ1v) is 8.84. The van der Waals surface area contributed by atoms with Crippen LogP contribution in [0.5, 0.6) is 0 Å². The third-order valence-electron chi connectivity index (χ3n) is 3.95. The zero-order chi connectivity index (χ0) is 13.9. The molecule has 0 amide bonds. The summed E-state index contributed by atoms with van der Waals surface area (Å²) in [5, 5.41) is 10.3. The van der Waals surface area contributed by atoms with Crippen molar-refractivity contribution >= 4 is 9.84 Å². The molecule has 1 unspecified atom stereocenters. The van der Waals surface area contributed by atoms with E-state index in [0.29, 0.717) is 11.5 Å². The van der Waals surface area contributed by atoms with E-state index in [1.165, 1.54) is 38.4 Å². The molecule has 106 valence electrons. The van der Waals surface area contributed by atoms with Crippen LogP contribution in [0.15, 0.2) is 29.2 Å². The summed E-state index contributed by atoms with van der Waals surface area (Å²) in [6.07, 6.45) is 7.56. The summed E-state index contributed by atoms with van der Waals surface area (Å²) in [6.45, 7) is 0. The molecule has 0 bridgehead atoms. The molecule has 2 rings (SSSR count). The van der Waals surface area contributed by atoms with Crippen molar-refractivity contribution in [1.82, 2.24) is 0 Å². The lowest BCUT2D eigenvalue weighted by Gasteiger charge is -2.24. The average molecular weight is 282 g/mol. The Balaban J connectivity index is 2.08. The summed E-state index contributed by atoms with van der Waals surface area (Å²) in [6, 6.07) is 6.69. The van der Waals surface area contributed by atoms with Gasteiger partial charge in [-0.05, 0) is 30.0 Å². The van der Waals surface area contributed by atoms with Crippen molar-refractivity contribution in [3.63, 3.8) is 0 Å². The number of hydrogen-bond acceptors (Lipinski definition) is 3. The van der Waals surface area contributed by atoms with Gasteiger partial charge in [-0.3, -0.25) is 0 Å². The molecule has 0 aliphatic heterocycles. The van der Waals surface area contributed by atoms with Crippen LogP contribution in [-0.4, -0.2) is 19.8 Å². The number of benzene rings is 1. The van der Waals surface area contributed by atoms with Crippen molar-refractivity contribution < 1.29 is 13.5 Å². The highest BCUT2D eigenvalue weighted by Gasteiger charge is 2.19. The molecule has 1 aliphatic carbocycles. The van der Waals surface area contributed by atoms with Gasteiger partial charge >= 0.3 is 0 Å². The van der Waals surface area contributed by atoms with Gasteiger partial charge in [-0.2, -0.15) is 0 Å². The van der Waals surface area contributed by atoms with Gasteiger partial charge in [-0.1, -0.05) is 44.2 Å². The van der Waals surface area contributed by atoms with Crippen molar-refractivity contribution in [3.05, 3.63) is 29.8 Å². The molecule has 4 heteroatoms. The third kappa shape index (κ3) is 4.05. The minimum Gasteiger partial charge on any atom is -0.388 e. The molecule has 1 aromatic carbocycles. The van der Waals surface area contributed by atoms with Gasteiger partial charge in [0.05, 0.1) is 11.0 Å². The van der Waals surface area contributed by atoms with Crippen molar-refractivity contribution in [1.29, 1.82) is 0 Å². The second-order valence-corrected chi connectivity index (χ2v) is 7.62. The van der Waals surface area contributed by atoms with E-state index in [1.54, 1.807) is 18.2 Å². The summed E-state index contributed by atoms with van der Waals surface area (Å²) in [5.41, 5.74) is 0.716. The Bertz CT molecular complexity index is 516. The molecular formula is C15H22O3S. The second-order valence-electron chi connectivity index (χ2n) is 5.60. The molecule has 1 saturated carbocycles. The Labute approximate surface area is 115 Å². The van der Waals surface area contributed by atoms with Gasteiger partial charge in [-0.25, -0.2) is 8.42 Å². The Hall–Kier alpha value is -0.870. The van der Waals surface area contributed by atoms with E-state index < -0.39 is 15.9 Å². The first kappa shape index (κ1) is 14.5. The predicted molar refractivity (Wildman–Crippen MR) is 75.7 cm³/mol. The Morgan fingerprint density at radius 2 is 1.95 bits per heavy atom. The van der Waals surface area contributed by atoms with E-state index in [4.69, 9.17) is 0 Å². The van der Waals surface area contributed by atoms with E-state index in [9.17, 15) is 13.5 Å². The lowest BCUT2D eigenvalue weighted by molar-refractivity contribution is 0.131. The lowest BCUT2D eigenvalue weighted by atomic mass is 9.84. The molecule has 1 atom stereocenters. The summed E-state index contributed by atoms with van der Waals surface area (Å²) in [5.74, 6) is 0.575. The van der Waals surface area contributed by atoms with Crippen molar-refractivity contribution in [3.8, 4) is 0 Å². The molecule has 0 aromatic heterocycles. The Morgan fingerprint density at radius 1 is 1.26 bits per heavy atom. The van der Waals surface area contributed by atoms with E-state index >= 15 is 0 Å². The molecule has 1 fully saturated rings. The van der Waals surface area contributed by atoms with Crippen molar-refractivity contribution in [2.75, 3.05) is 6.26 Å². The molecule has 0 heterocycles. The SMILES string of the molecule is CS(=O)(=O)c1cccc(C(O)CC2CCCCC2)c1. The number of aliphatic hydroxyl groups excluding tert-OH is 1. The minimum absolute atomic E-state index is 0.285. The molecule has 19 heavy (non-hydrogen) atoms. The average Bonchev–Trinajstić information content (AvgIpc) is 2.39. The summed E-state index contributed by atoms with van der Waals surface area (Å²) in [7, 11) is -3.20. The maximum absolute atomic E-state index is 11.5. The fourth-order valence-corrected chi connectivity index (χ4v) is 3.50. The highest BCUT2D eigenvalue weighted by Crippen LogP contribution is 2.32. The highest BCUT2D eigenvalue weighted by molar-refractivity contribution is 7.90. The van der Waals surface area contributed by atoms with Crippen molar-refractivity contribution in [2.24, 2.45) is 5.92 Å². The molecule has 1 aliphatic rings. The quantitative estimate of drug-likeness (QED) is 0.923. The van der Waals surface area contributed by atoms with Gasteiger partial charge in [-0.15, -0.1) is 0 Å². The first-order chi connectivity index (χ1) is 8.97. The lowest BCUT2D eigenvalue weighted by Crippen LogP contribution is -2.11. The van der Waals surface area contributed by atoms with Gasteiger partial charge < -0.3 is 5.11 Å². The first-order valence-electron chi connectivity index (χ1n) is 6.95. The third-order valence-corrected chi connectivity index (χ3v) is 5.06. The van der Waals surface area contributed by atoms with Crippen molar-refractivity contribution in [2.45, 2.75) is 49.5 Å². The topological polar surface area (TPSA) is 54.4 Å². The molecule has 3 nitrogen and oxygen atoms in total. The molecule has 0 spiro atoms. The highest BCUT2D eigenvalue weighted by atomic mass is 32.2. The zero-order valence-electron chi connectivity index (χ0n) is 11.4. The summed E-state index contributed by atoms with van der Waals surface area (Å²) < 4.78 is 23.0. The smallest absolute Gasteiger partial charge is 0.175 e. The number of aliphatic hydroxyl groups is 1. The van der Waals surface area contributed by atoms with Crippen LogP contribution >= 0.6 is 0 Å². The Morgan fingerprint density at radius 3 is 2.58 bits per heavy atom. The number of sulfone groups is 1. The van der Waals surface area contributed by atoms with E-state index in [-0.39, 0.29) is 4.90 Å². The fourth-order valence-electron chi connectivity index (χ4n) is 2.83. The van der Waals surface area contributed by atoms with E-state index in [0.717, 1.165) is 6.42 Å². The van der Waals surface area contributed by atoms with Crippen LogP contribution in [0.4, 0.5) is 0 Å². The van der Waals surface area contributed by atoms with Gasteiger partial charge in [0, 0.05) is 6.26 Å². The molecule has 0 saturated heterocycles. The molecular weight excluding hydrogens is 260 g/mol. The van der Waals surface area contributed by atoms with Gasteiger partial charge in [0.15, 0.2) is 9.84 Å². The fraction of sp³-hybridized carbons (Fsp3) is 0.600. The van der Waals surface area contributed by atoms with Gasteiger partial charge in [0.1, 0.15) is 0 Å². The zero-order valence-corrected chi connectivity index (χ0v) is 12.2. The van der Waals surface area contributed by atoms with E-state index in [2.05, 4.69) is 0 Å². The van der Waals surface area contributed by atoms with Crippen LogP contribution in [0.3, 0.4) is 0 Å². The maximum atomic E-state index is 11.5. The minimum atomic E-state index is -3.20. The molecule has 1 N–H and O–H groups in total. The molecule has 1 aromatic rings. The maximum Gasteiger partial charge on any atom is 0.175 e. The number of rotatable bonds is 4. The Kier molecular flexibility index (Phi) is 4.63. The van der Waals surface area contributed by atoms with Crippen LogP contribution in [0.25, 0.3) is 0 Å². The van der Waals surface area contributed by atoms with Crippen LogP contribution in [0, 0.1) is 5.92 Å².